The van der Waals surface area contributed by atoms with Crippen molar-refractivity contribution in [3.8, 4) is 17.2 Å². The topological polar surface area (TPSA) is 102 Å². The molecule has 0 radical (unpaired) electrons. The molecule has 0 bridgehead atoms. The van der Waals surface area contributed by atoms with Gasteiger partial charge in [-0.05, 0) is 63.2 Å². The molecule has 2 aromatic carbocycles. The zero-order valence-corrected chi connectivity index (χ0v) is 25.1. The van der Waals surface area contributed by atoms with Gasteiger partial charge in [0.1, 0.15) is 6.26 Å². The van der Waals surface area contributed by atoms with E-state index in [2.05, 4.69) is 6.07 Å². The van der Waals surface area contributed by atoms with Crippen molar-refractivity contribution < 1.29 is 18.7 Å². The predicted octanol–water partition coefficient (Wildman–Crippen LogP) is 3.81. The normalized spacial score (nSPS) is 22.0. The molecule has 8 nitrogen and oxygen atoms in total. The third-order valence-corrected chi connectivity index (χ3v) is 10.3. The van der Waals surface area contributed by atoms with Crippen LogP contribution in [0.15, 0.2) is 48.7 Å². The number of aromatic nitrogens is 1. The summed E-state index contributed by atoms with van der Waals surface area (Å²) in [6, 6.07) is 16.5. The third-order valence-electron chi connectivity index (χ3n) is 9.23. The Kier molecular flexibility index (Phi) is 6.95. The number of carbonyl (C=O) groups excluding carboxylic acids is 1. The second kappa shape index (κ2) is 10.1. The molecular weight excluding hydrogens is 535 g/mol. The Labute approximate surface area is 245 Å². The van der Waals surface area contributed by atoms with E-state index in [9.17, 15) is 14.6 Å². The maximum absolute atomic E-state index is 13.9. The Bertz CT molecular complexity index is 1520. The van der Waals surface area contributed by atoms with Crippen LogP contribution in [0.25, 0.3) is 22.0 Å². The highest BCUT2D eigenvalue weighted by Crippen LogP contribution is 2.48. The van der Waals surface area contributed by atoms with Crippen LogP contribution in [0, 0.1) is 11.3 Å². The zero-order valence-electron chi connectivity index (χ0n) is 24.3. The van der Waals surface area contributed by atoms with Gasteiger partial charge in [0.2, 0.25) is 0 Å². The van der Waals surface area contributed by atoms with E-state index in [-0.39, 0.29) is 11.3 Å². The van der Waals surface area contributed by atoms with Gasteiger partial charge in [0.15, 0.2) is 0 Å². The highest BCUT2D eigenvalue weighted by molar-refractivity contribution is 7.88. The summed E-state index contributed by atoms with van der Waals surface area (Å²) in [5, 5.41) is 10.5. The number of fused-ring (bicyclic) bond motifs is 1. The minimum atomic E-state index is -1.06. The van der Waals surface area contributed by atoms with Crippen LogP contribution in [0.5, 0.6) is 0 Å². The summed E-state index contributed by atoms with van der Waals surface area (Å²) < 4.78 is 26.4. The Balaban J connectivity index is 1.40. The van der Waals surface area contributed by atoms with Crippen LogP contribution in [0.3, 0.4) is 0 Å². The Morgan fingerprint density at radius 2 is 1.66 bits per heavy atom. The van der Waals surface area contributed by atoms with Crippen molar-refractivity contribution in [2.75, 3.05) is 32.4 Å². The molecule has 2 saturated heterocycles. The molecule has 41 heavy (non-hydrogen) atoms. The van der Waals surface area contributed by atoms with E-state index in [1.807, 2.05) is 79.4 Å². The van der Waals surface area contributed by atoms with Gasteiger partial charge in [-0.1, -0.05) is 36.4 Å². The van der Waals surface area contributed by atoms with E-state index >= 15 is 0 Å². The maximum Gasteiger partial charge on any atom is 0.494 e. The van der Waals surface area contributed by atoms with E-state index in [1.54, 1.807) is 12.5 Å². The van der Waals surface area contributed by atoms with Crippen molar-refractivity contribution in [1.82, 2.24) is 14.2 Å². The first-order chi connectivity index (χ1) is 19.4. The summed E-state index contributed by atoms with van der Waals surface area (Å²) in [6.45, 7) is 10.2. The highest BCUT2D eigenvalue weighted by Gasteiger charge is 2.51. The number of piperazine rings is 1. The second-order valence-electron chi connectivity index (χ2n) is 12.3. The monoisotopic (exact) mass is 570 g/mol. The van der Waals surface area contributed by atoms with Crippen molar-refractivity contribution >= 4 is 40.8 Å². The van der Waals surface area contributed by atoms with E-state index < -0.39 is 29.7 Å². The van der Waals surface area contributed by atoms with Crippen LogP contribution >= 0.6 is 0 Å². The summed E-state index contributed by atoms with van der Waals surface area (Å²) in [6.07, 6.45) is 5.09. The van der Waals surface area contributed by atoms with Crippen LogP contribution < -0.4 is 5.46 Å². The van der Waals surface area contributed by atoms with E-state index in [4.69, 9.17) is 14.3 Å². The van der Waals surface area contributed by atoms with Gasteiger partial charge in [-0.15, -0.1) is 4.31 Å². The van der Waals surface area contributed by atoms with Crippen LogP contribution in [-0.4, -0.2) is 75.4 Å². The summed E-state index contributed by atoms with van der Waals surface area (Å²) in [4.78, 5) is 20.5. The first kappa shape index (κ1) is 28.2. The van der Waals surface area contributed by atoms with Crippen LogP contribution in [-0.2, 0) is 26.1 Å². The number of rotatable bonds is 5. The Morgan fingerprint density at radius 1 is 1.02 bits per heavy atom. The maximum atomic E-state index is 13.9. The lowest BCUT2D eigenvalue weighted by Crippen LogP contribution is -2.50. The number of nitrogens with zero attached hydrogens (tertiary/aromatic N) is 4. The fourth-order valence-corrected chi connectivity index (χ4v) is 6.35. The molecule has 0 N–H and O–H groups in total. The number of hydrogen-bond acceptors (Lipinski definition) is 7. The molecule has 10 heteroatoms. The van der Waals surface area contributed by atoms with Crippen LogP contribution in [0.4, 0.5) is 0 Å². The molecule has 1 unspecified atom stereocenters. The van der Waals surface area contributed by atoms with E-state index in [0.29, 0.717) is 31.7 Å². The molecule has 1 saturated carbocycles. The fourth-order valence-electron chi connectivity index (χ4n) is 5.67. The Morgan fingerprint density at radius 3 is 2.22 bits per heavy atom. The summed E-state index contributed by atoms with van der Waals surface area (Å²) in [5.41, 5.74) is 3.58. The van der Waals surface area contributed by atoms with E-state index in [1.165, 1.54) is 0 Å². The molecule has 212 valence electrons. The molecule has 3 fully saturated rings. The van der Waals surface area contributed by atoms with Gasteiger partial charge in [0.05, 0.1) is 46.9 Å². The summed E-state index contributed by atoms with van der Waals surface area (Å²) in [5.74, 6) is -0.0919. The van der Waals surface area contributed by atoms with Gasteiger partial charge in [-0.25, -0.2) is 0 Å². The summed E-state index contributed by atoms with van der Waals surface area (Å²) >= 11 is -1.06. The number of pyridine rings is 1. The number of amides is 1. The van der Waals surface area contributed by atoms with Gasteiger partial charge in [0.25, 0.3) is 5.91 Å². The molecule has 0 spiro atoms. The fraction of sp³-hybridized carbons (Fsp3) is 0.452. The molecular formula is C31H35BN4O4S. The van der Waals surface area contributed by atoms with Crippen molar-refractivity contribution in [3.63, 3.8) is 0 Å². The predicted molar refractivity (Wildman–Crippen MR) is 161 cm³/mol. The van der Waals surface area contributed by atoms with Gasteiger partial charge < -0.3 is 18.8 Å². The standard InChI is InChI=1S/C31H35BN4O4S/c1-29(2)30(3,4)40-32(39-29)23-10-11-24-26(18-23)34-19-25(28(37)35-14-16-36(17-15-35)41(5)38)27(24)21-6-8-22(9-7-21)31(20-33)12-13-31/h6-11,18-19H,12-17H2,1-5H3. The average Bonchev–Trinajstić information content (AvgIpc) is 3.72. The number of nitriles is 1. The van der Waals surface area contributed by atoms with E-state index in [0.717, 1.165) is 45.9 Å². The SMILES string of the molecule is C[S+]([O-])N1CCN(C(=O)c2cnc3cc(B4OC(C)(C)C(C)(C)O4)ccc3c2-c2ccc(C3(C#N)CC3)cc2)CC1. The minimum absolute atomic E-state index is 0.0919. The van der Waals surface area contributed by atoms with Crippen molar-refractivity contribution in [2.24, 2.45) is 0 Å². The lowest BCUT2D eigenvalue weighted by Gasteiger charge is -2.33. The molecule has 1 amide bonds. The average molecular weight is 571 g/mol. The van der Waals surface area contributed by atoms with Gasteiger partial charge in [-0.2, -0.15) is 5.26 Å². The highest BCUT2D eigenvalue weighted by atomic mass is 32.2. The van der Waals surface area contributed by atoms with Gasteiger partial charge in [-0.3, -0.25) is 9.78 Å². The lowest BCUT2D eigenvalue weighted by atomic mass is 9.78. The molecule has 1 aromatic heterocycles. The molecule has 3 aromatic rings. The van der Waals surface area contributed by atoms with Crippen molar-refractivity contribution in [3.05, 3.63) is 59.8 Å². The number of carbonyl (C=O) groups is 1. The van der Waals surface area contributed by atoms with Crippen molar-refractivity contribution in [2.45, 2.75) is 57.2 Å². The zero-order chi connectivity index (χ0) is 29.2. The molecule has 2 aliphatic heterocycles. The molecule has 3 aliphatic rings. The molecule has 1 aliphatic carbocycles. The van der Waals surface area contributed by atoms with Gasteiger partial charge in [0, 0.05) is 41.6 Å². The smallest absolute Gasteiger partial charge is 0.494 e. The molecule has 6 rings (SSSR count). The van der Waals surface area contributed by atoms with Crippen LogP contribution in [0.1, 0.15) is 56.5 Å². The first-order valence-electron chi connectivity index (χ1n) is 14.1. The molecule has 3 heterocycles. The number of hydrogen-bond donors (Lipinski definition) is 0. The first-order valence-corrected chi connectivity index (χ1v) is 15.6. The third kappa shape index (κ3) is 4.94. The molecule has 1 atom stereocenters. The Hall–Kier alpha value is -2.94. The second-order valence-corrected chi connectivity index (χ2v) is 13.7. The quantitative estimate of drug-likeness (QED) is 0.340. The van der Waals surface area contributed by atoms with Crippen molar-refractivity contribution in [1.29, 1.82) is 5.26 Å². The van der Waals surface area contributed by atoms with Gasteiger partial charge >= 0.3 is 7.12 Å². The number of benzene rings is 2. The van der Waals surface area contributed by atoms with Crippen LogP contribution in [0.2, 0.25) is 0 Å². The lowest BCUT2D eigenvalue weighted by molar-refractivity contribution is 0.00578. The largest absolute Gasteiger partial charge is 0.598 e. The summed E-state index contributed by atoms with van der Waals surface area (Å²) in [7, 11) is -0.517. The minimum Gasteiger partial charge on any atom is -0.598 e.